The third kappa shape index (κ3) is 7.16. The fraction of sp³-hybridized carbons (Fsp3) is 0.125. The standard InChI is InChI=1S/C32H28O6/c1-2-3-6-23-30(35-37-31(33)28-21-13-11-19-26(28)24-15-7-4-8-16-24)36-38-32(34)29-22-14-12-20-27(29)25-17-9-5-10-18-25/h4-5,7-22H,1-3,6,23H2. The molecule has 4 rings (SSSR count). The molecule has 0 saturated heterocycles. The van der Waals surface area contributed by atoms with Crippen LogP contribution in [0.5, 0.6) is 0 Å². The Kier molecular flexibility index (Phi) is 9.79. The van der Waals surface area contributed by atoms with E-state index in [0.29, 0.717) is 35.1 Å². The minimum absolute atomic E-state index is 0.144. The maximum atomic E-state index is 12.9. The lowest BCUT2D eigenvalue weighted by Crippen LogP contribution is -2.17. The minimum Gasteiger partial charge on any atom is -0.289 e. The predicted molar refractivity (Wildman–Crippen MR) is 144 cm³/mol. The fourth-order valence-corrected chi connectivity index (χ4v) is 3.86. The van der Waals surface area contributed by atoms with E-state index in [-0.39, 0.29) is 12.7 Å². The maximum Gasteiger partial charge on any atom is 0.373 e. The van der Waals surface area contributed by atoms with Gasteiger partial charge in [-0.2, -0.15) is 0 Å². The summed E-state index contributed by atoms with van der Waals surface area (Å²) in [5, 5.41) is 0. The third-order valence-electron chi connectivity index (χ3n) is 5.77. The van der Waals surface area contributed by atoms with Crippen LogP contribution in [0.3, 0.4) is 0 Å². The largest absolute Gasteiger partial charge is 0.373 e. The summed E-state index contributed by atoms with van der Waals surface area (Å²) in [6.45, 7) is 3.83. The van der Waals surface area contributed by atoms with E-state index in [4.69, 9.17) is 19.6 Å². The number of hydrogen-bond donors (Lipinski definition) is 0. The summed E-state index contributed by atoms with van der Waals surface area (Å²) < 4.78 is 0. The molecule has 6 heteroatoms. The van der Waals surface area contributed by atoms with Crippen molar-refractivity contribution in [2.75, 3.05) is 0 Å². The Hall–Kier alpha value is -4.26. The molecule has 0 aliphatic heterocycles. The molecule has 0 bridgehead atoms. The summed E-state index contributed by atoms with van der Waals surface area (Å²) in [5.74, 6) is -1.41. The molecule has 0 aliphatic carbocycles. The molecule has 192 valence electrons. The first-order chi connectivity index (χ1) is 18.7. The van der Waals surface area contributed by atoms with Crippen molar-refractivity contribution in [1.29, 1.82) is 0 Å². The first-order valence-corrected chi connectivity index (χ1v) is 12.4. The van der Waals surface area contributed by atoms with Gasteiger partial charge in [0.1, 0.15) is 0 Å². The van der Waals surface area contributed by atoms with E-state index in [2.05, 4.69) is 6.92 Å². The molecule has 38 heavy (non-hydrogen) atoms. The van der Waals surface area contributed by atoms with Gasteiger partial charge in [0.2, 0.25) is 0 Å². The number of carbonyl (C=O) groups excluding carboxylic acids is 2. The highest BCUT2D eigenvalue weighted by Gasteiger charge is 2.23. The zero-order valence-electron chi connectivity index (χ0n) is 20.9. The van der Waals surface area contributed by atoms with Crippen LogP contribution in [0.2, 0.25) is 0 Å². The van der Waals surface area contributed by atoms with E-state index in [1.165, 1.54) is 0 Å². The smallest absolute Gasteiger partial charge is 0.289 e. The lowest BCUT2D eigenvalue weighted by molar-refractivity contribution is -0.363. The van der Waals surface area contributed by atoms with E-state index in [1.807, 2.05) is 84.9 Å². The Balaban J connectivity index is 1.43. The summed E-state index contributed by atoms with van der Waals surface area (Å²) in [6.07, 6.45) is 2.23. The van der Waals surface area contributed by atoms with E-state index in [0.717, 1.165) is 17.5 Å². The number of unbranched alkanes of at least 4 members (excludes halogenated alkanes) is 2. The van der Waals surface area contributed by atoms with Crippen molar-refractivity contribution >= 4 is 11.9 Å². The molecule has 0 aliphatic rings. The summed E-state index contributed by atoms with van der Waals surface area (Å²) in [6, 6.07) is 33.1. The first-order valence-electron chi connectivity index (χ1n) is 12.4. The van der Waals surface area contributed by atoms with Gasteiger partial charge in [-0.3, -0.25) is 9.78 Å². The third-order valence-corrected chi connectivity index (χ3v) is 5.77. The van der Waals surface area contributed by atoms with Gasteiger partial charge in [0.15, 0.2) is 0 Å². The monoisotopic (exact) mass is 508 g/mol. The van der Waals surface area contributed by atoms with Crippen molar-refractivity contribution in [2.24, 2.45) is 0 Å². The molecule has 0 fully saturated rings. The Bertz CT molecular complexity index is 1220. The lowest BCUT2D eigenvalue weighted by Gasteiger charge is -2.15. The van der Waals surface area contributed by atoms with Gasteiger partial charge in [0.25, 0.3) is 0 Å². The molecule has 2 radical (unpaired) electrons. The van der Waals surface area contributed by atoms with Crippen molar-refractivity contribution in [3.8, 4) is 22.3 Å². The lowest BCUT2D eigenvalue weighted by atomic mass is 10.00. The van der Waals surface area contributed by atoms with Gasteiger partial charge in [0.05, 0.1) is 11.1 Å². The van der Waals surface area contributed by atoms with E-state index in [1.54, 1.807) is 24.3 Å². The number of hydrogen-bond acceptors (Lipinski definition) is 6. The molecular formula is C32H28O6. The van der Waals surface area contributed by atoms with Crippen LogP contribution >= 0.6 is 0 Å². The molecule has 0 aromatic heterocycles. The average molecular weight is 509 g/mol. The summed E-state index contributed by atoms with van der Waals surface area (Å²) in [4.78, 5) is 46.5. The quantitative estimate of drug-likeness (QED) is 0.111. The van der Waals surface area contributed by atoms with Crippen LogP contribution in [0.25, 0.3) is 22.3 Å². The van der Waals surface area contributed by atoms with Crippen molar-refractivity contribution < 1.29 is 29.1 Å². The molecular weight excluding hydrogens is 480 g/mol. The van der Waals surface area contributed by atoms with Gasteiger partial charge in [0, 0.05) is 6.42 Å². The highest BCUT2D eigenvalue weighted by Crippen LogP contribution is 2.27. The van der Waals surface area contributed by atoms with Crippen molar-refractivity contribution in [3.63, 3.8) is 0 Å². The number of benzene rings is 4. The predicted octanol–water partition coefficient (Wildman–Crippen LogP) is 7.78. The number of carbonyl (C=O) groups is 2. The Morgan fingerprint density at radius 1 is 0.526 bits per heavy atom. The fourth-order valence-electron chi connectivity index (χ4n) is 3.86. The maximum absolute atomic E-state index is 12.9. The normalized spacial score (nSPS) is 10.8. The van der Waals surface area contributed by atoms with Crippen molar-refractivity contribution in [1.82, 2.24) is 0 Å². The second-order valence-corrected chi connectivity index (χ2v) is 8.41. The van der Waals surface area contributed by atoms with Gasteiger partial charge in [-0.25, -0.2) is 9.59 Å². The van der Waals surface area contributed by atoms with Crippen LogP contribution in [0.1, 0.15) is 46.4 Å². The Morgan fingerprint density at radius 2 is 0.947 bits per heavy atom. The second-order valence-electron chi connectivity index (χ2n) is 8.41. The molecule has 0 heterocycles. The number of rotatable bonds is 12. The topological polar surface area (TPSA) is 71.1 Å². The molecule has 4 aromatic rings. The van der Waals surface area contributed by atoms with Crippen LogP contribution in [0.15, 0.2) is 109 Å². The van der Waals surface area contributed by atoms with Gasteiger partial charge in [-0.1, -0.05) is 117 Å². The summed E-state index contributed by atoms with van der Waals surface area (Å²) in [5.41, 5.74) is 3.77. The second kappa shape index (κ2) is 13.9. The highest BCUT2D eigenvalue weighted by molar-refractivity contribution is 5.97. The molecule has 0 atom stereocenters. The van der Waals surface area contributed by atoms with Gasteiger partial charge >= 0.3 is 18.2 Å². The summed E-state index contributed by atoms with van der Waals surface area (Å²) in [7, 11) is 0. The zero-order valence-corrected chi connectivity index (χ0v) is 20.9. The molecule has 0 N–H and O–H groups in total. The van der Waals surface area contributed by atoms with E-state index in [9.17, 15) is 9.59 Å². The zero-order chi connectivity index (χ0) is 26.6. The Labute approximate surface area is 222 Å². The van der Waals surface area contributed by atoms with Crippen molar-refractivity contribution in [2.45, 2.75) is 25.7 Å². The summed E-state index contributed by atoms with van der Waals surface area (Å²) >= 11 is 0. The SMILES string of the molecule is [CH2]CCCC[C](OOC(=O)c1ccccc1-c1ccccc1)OOC(=O)c1ccccc1-c1ccccc1. The van der Waals surface area contributed by atoms with Gasteiger partial charge in [-0.05, 0) is 40.8 Å². The average Bonchev–Trinajstić information content (AvgIpc) is 2.99. The minimum atomic E-state index is -0.705. The molecule has 4 aromatic carbocycles. The van der Waals surface area contributed by atoms with Crippen LogP contribution in [-0.4, -0.2) is 11.9 Å². The highest BCUT2D eigenvalue weighted by atomic mass is 17.3. The van der Waals surface area contributed by atoms with Crippen LogP contribution in [-0.2, 0) is 19.6 Å². The van der Waals surface area contributed by atoms with Gasteiger partial charge in [-0.15, -0.1) is 9.78 Å². The molecule has 6 nitrogen and oxygen atoms in total. The molecule has 0 spiro atoms. The van der Waals surface area contributed by atoms with E-state index >= 15 is 0 Å². The van der Waals surface area contributed by atoms with Crippen LogP contribution in [0.4, 0.5) is 0 Å². The Morgan fingerprint density at radius 3 is 1.39 bits per heavy atom. The van der Waals surface area contributed by atoms with E-state index < -0.39 is 11.9 Å². The van der Waals surface area contributed by atoms with Crippen LogP contribution in [0, 0.1) is 13.2 Å². The molecule has 0 amide bonds. The van der Waals surface area contributed by atoms with Gasteiger partial charge < -0.3 is 0 Å². The molecule has 0 saturated carbocycles. The van der Waals surface area contributed by atoms with Crippen molar-refractivity contribution in [3.05, 3.63) is 134 Å². The first kappa shape index (κ1) is 26.8. The molecule has 0 unspecified atom stereocenters. The van der Waals surface area contributed by atoms with Crippen LogP contribution < -0.4 is 0 Å².